The van der Waals surface area contributed by atoms with E-state index >= 15 is 0 Å². The fraction of sp³-hybridized carbons (Fsp3) is 0.364. The molecule has 2 aromatic carbocycles. The average molecular weight is 380 g/mol. The van der Waals surface area contributed by atoms with Crippen molar-refractivity contribution in [2.24, 2.45) is 10.2 Å². The third-order valence-corrected chi connectivity index (χ3v) is 4.39. The zero-order valence-corrected chi connectivity index (χ0v) is 16.6. The molecule has 0 aliphatic carbocycles. The number of hydrazone groups is 2. The van der Waals surface area contributed by atoms with Gasteiger partial charge in [-0.25, -0.2) is 0 Å². The molecule has 1 fully saturated rings. The highest BCUT2D eigenvalue weighted by Crippen LogP contribution is 2.17. The van der Waals surface area contributed by atoms with Gasteiger partial charge in [0.1, 0.15) is 11.5 Å². The lowest BCUT2D eigenvalue weighted by Gasteiger charge is -2.31. The highest BCUT2D eigenvalue weighted by atomic mass is 16.5. The summed E-state index contributed by atoms with van der Waals surface area (Å²) in [5, 5.41) is 13.4. The van der Waals surface area contributed by atoms with E-state index in [1.807, 2.05) is 74.8 Å². The molecule has 0 saturated carbocycles. The summed E-state index contributed by atoms with van der Waals surface area (Å²) in [6.45, 7) is 8.59. The van der Waals surface area contributed by atoms with Crippen LogP contribution in [0.5, 0.6) is 11.5 Å². The minimum Gasteiger partial charge on any atom is -0.493 e. The van der Waals surface area contributed by atoms with Crippen LogP contribution in [0.1, 0.15) is 25.0 Å². The van der Waals surface area contributed by atoms with Crippen molar-refractivity contribution in [3.8, 4) is 11.5 Å². The molecule has 0 amide bonds. The van der Waals surface area contributed by atoms with Crippen LogP contribution in [0.25, 0.3) is 0 Å². The van der Waals surface area contributed by atoms with Crippen LogP contribution in [0.2, 0.25) is 0 Å². The molecule has 6 nitrogen and oxygen atoms in total. The topological polar surface area (TPSA) is 49.7 Å². The minimum atomic E-state index is 0.647. The van der Waals surface area contributed by atoms with Crippen LogP contribution < -0.4 is 9.47 Å². The number of rotatable bonds is 8. The first-order valence-corrected chi connectivity index (χ1v) is 9.81. The van der Waals surface area contributed by atoms with Gasteiger partial charge in [0.15, 0.2) is 0 Å². The summed E-state index contributed by atoms with van der Waals surface area (Å²) in [6, 6.07) is 15.9. The Morgan fingerprint density at radius 2 is 1.11 bits per heavy atom. The Labute approximate surface area is 167 Å². The van der Waals surface area contributed by atoms with Crippen molar-refractivity contribution in [1.82, 2.24) is 10.0 Å². The lowest BCUT2D eigenvalue weighted by atomic mass is 10.2. The Hall–Kier alpha value is -3.02. The summed E-state index contributed by atoms with van der Waals surface area (Å²) in [5.41, 5.74) is 2.00. The Bertz CT molecular complexity index is 731. The van der Waals surface area contributed by atoms with Gasteiger partial charge >= 0.3 is 0 Å². The molecule has 0 spiro atoms. The molecule has 0 radical (unpaired) electrons. The van der Waals surface area contributed by atoms with Crippen molar-refractivity contribution in [2.45, 2.75) is 13.8 Å². The minimum absolute atomic E-state index is 0.647. The molecule has 148 valence electrons. The lowest BCUT2D eigenvalue weighted by molar-refractivity contribution is 0.141. The Balaban J connectivity index is 1.54. The molecule has 0 atom stereocenters. The van der Waals surface area contributed by atoms with Crippen LogP contribution in [-0.2, 0) is 0 Å². The van der Waals surface area contributed by atoms with Crippen molar-refractivity contribution in [3.63, 3.8) is 0 Å². The molecule has 0 bridgehead atoms. The third kappa shape index (κ3) is 5.49. The molecule has 1 aliphatic rings. The molecule has 0 unspecified atom stereocenters. The second-order valence-corrected chi connectivity index (χ2v) is 6.34. The van der Waals surface area contributed by atoms with E-state index in [2.05, 4.69) is 20.2 Å². The monoisotopic (exact) mass is 380 g/mol. The van der Waals surface area contributed by atoms with Gasteiger partial charge in [0, 0.05) is 11.1 Å². The number of benzene rings is 2. The van der Waals surface area contributed by atoms with Crippen LogP contribution in [0.3, 0.4) is 0 Å². The second kappa shape index (κ2) is 10.3. The van der Waals surface area contributed by atoms with E-state index in [9.17, 15) is 0 Å². The highest BCUT2D eigenvalue weighted by Gasteiger charge is 2.13. The van der Waals surface area contributed by atoms with Crippen LogP contribution >= 0.6 is 0 Å². The number of hydrogen-bond donors (Lipinski definition) is 0. The van der Waals surface area contributed by atoms with Crippen LogP contribution in [0, 0.1) is 0 Å². The van der Waals surface area contributed by atoms with Gasteiger partial charge in [-0.2, -0.15) is 10.2 Å². The predicted octanol–water partition coefficient (Wildman–Crippen LogP) is 3.47. The number of piperazine rings is 1. The summed E-state index contributed by atoms with van der Waals surface area (Å²) in [4.78, 5) is 0. The van der Waals surface area contributed by atoms with Crippen LogP contribution in [0.15, 0.2) is 58.7 Å². The van der Waals surface area contributed by atoms with Crippen molar-refractivity contribution < 1.29 is 9.47 Å². The predicted molar refractivity (Wildman–Crippen MR) is 114 cm³/mol. The molecule has 1 heterocycles. The average Bonchev–Trinajstić information content (AvgIpc) is 2.74. The van der Waals surface area contributed by atoms with E-state index in [4.69, 9.17) is 9.47 Å². The van der Waals surface area contributed by atoms with E-state index in [1.54, 1.807) is 0 Å². The first kappa shape index (κ1) is 19.7. The first-order chi connectivity index (χ1) is 13.8. The highest BCUT2D eigenvalue weighted by molar-refractivity contribution is 5.83. The second-order valence-electron chi connectivity index (χ2n) is 6.34. The first-order valence-electron chi connectivity index (χ1n) is 9.81. The molecule has 1 aliphatic heterocycles. The van der Waals surface area contributed by atoms with Crippen molar-refractivity contribution in [1.29, 1.82) is 0 Å². The van der Waals surface area contributed by atoms with Gasteiger partial charge in [0.2, 0.25) is 0 Å². The van der Waals surface area contributed by atoms with Gasteiger partial charge in [0.05, 0.1) is 51.8 Å². The van der Waals surface area contributed by atoms with E-state index in [0.29, 0.717) is 13.2 Å². The Kier molecular flexibility index (Phi) is 7.29. The van der Waals surface area contributed by atoms with E-state index in [0.717, 1.165) is 48.8 Å². The number of para-hydroxylation sites is 2. The molecule has 28 heavy (non-hydrogen) atoms. The van der Waals surface area contributed by atoms with E-state index < -0.39 is 0 Å². The fourth-order valence-electron chi connectivity index (χ4n) is 2.95. The maximum atomic E-state index is 5.65. The normalized spacial score (nSPS) is 14.8. The molecule has 3 rings (SSSR count). The van der Waals surface area contributed by atoms with Gasteiger partial charge < -0.3 is 9.47 Å². The molecular formula is C22H28N4O2. The number of hydrogen-bond acceptors (Lipinski definition) is 6. The van der Waals surface area contributed by atoms with Crippen molar-refractivity contribution in [2.75, 3.05) is 39.4 Å². The van der Waals surface area contributed by atoms with E-state index in [-0.39, 0.29) is 0 Å². The summed E-state index contributed by atoms with van der Waals surface area (Å²) >= 11 is 0. The summed E-state index contributed by atoms with van der Waals surface area (Å²) in [5.74, 6) is 1.73. The quantitative estimate of drug-likeness (QED) is 0.658. The van der Waals surface area contributed by atoms with E-state index in [1.165, 1.54) is 0 Å². The number of ether oxygens (including phenoxy) is 2. The summed E-state index contributed by atoms with van der Waals surface area (Å²) in [6.07, 6.45) is 3.75. The molecule has 0 N–H and O–H groups in total. The van der Waals surface area contributed by atoms with Gasteiger partial charge in [-0.05, 0) is 38.1 Å². The lowest BCUT2D eigenvalue weighted by Crippen LogP contribution is -2.41. The fourth-order valence-corrected chi connectivity index (χ4v) is 2.95. The van der Waals surface area contributed by atoms with Gasteiger partial charge in [0.25, 0.3) is 0 Å². The van der Waals surface area contributed by atoms with Crippen molar-refractivity contribution in [3.05, 3.63) is 59.7 Å². The maximum absolute atomic E-state index is 5.65. The van der Waals surface area contributed by atoms with Gasteiger partial charge in [-0.3, -0.25) is 10.0 Å². The van der Waals surface area contributed by atoms with Gasteiger partial charge in [-0.1, -0.05) is 24.3 Å². The molecule has 0 aromatic heterocycles. The summed E-state index contributed by atoms with van der Waals surface area (Å²) in [7, 11) is 0. The zero-order valence-electron chi connectivity index (χ0n) is 16.6. The van der Waals surface area contributed by atoms with Crippen molar-refractivity contribution >= 4 is 12.4 Å². The zero-order chi connectivity index (χ0) is 19.6. The molecule has 2 aromatic rings. The largest absolute Gasteiger partial charge is 0.493 e. The molecular weight excluding hydrogens is 352 g/mol. The van der Waals surface area contributed by atoms with Crippen LogP contribution in [0.4, 0.5) is 0 Å². The summed E-state index contributed by atoms with van der Waals surface area (Å²) < 4.78 is 11.3. The Morgan fingerprint density at radius 3 is 1.50 bits per heavy atom. The van der Waals surface area contributed by atoms with Crippen LogP contribution in [-0.4, -0.2) is 61.8 Å². The third-order valence-electron chi connectivity index (χ3n) is 4.39. The maximum Gasteiger partial charge on any atom is 0.128 e. The molecule has 6 heteroatoms. The molecule has 1 saturated heterocycles. The SMILES string of the molecule is CCOc1ccccc1/C=N\N1CCN(/N=C\c2ccccc2OCC)CC1. The number of nitrogens with zero attached hydrogens (tertiary/aromatic N) is 4. The standard InChI is InChI=1S/C22H28N4O2/c1-3-27-21-11-7-5-9-19(21)17-23-25-13-15-26(16-14-25)24-18-20-10-6-8-12-22(20)28-4-2/h5-12,17-18H,3-4,13-16H2,1-2H3/b23-17-,24-18-. The van der Waals surface area contributed by atoms with Gasteiger partial charge in [-0.15, -0.1) is 0 Å². The Morgan fingerprint density at radius 1 is 0.714 bits per heavy atom. The smallest absolute Gasteiger partial charge is 0.128 e.